The third-order valence-electron chi connectivity index (χ3n) is 3.76. The number of carbonyl (C=O) groups is 1. The number of amides is 1. The molecule has 2 aromatic carbocycles. The predicted octanol–water partition coefficient (Wildman–Crippen LogP) is 1.88. The molecule has 2 N–H and O–H groups in total. The molecule has 1 amide bonds. The molecule has 1 aromatic heterocycles. The van der Waals surface area contributed by atoms with E-state index in [0.717, 1.165) is 5.56 Å². The molecule has 3 aromatic rings. The van der Waals surface area contributed by atoms with Crippen LogP contribution in [0.25, 0.3) is 0 Å². The molecule has 140 valence electrons. The van der Waals surface area contributed by atoms with Crippen LogP contribution in [-0.2, 0) is 16.6 Å². The van der Waals surface area contributed by atoms with Crippen molar-refractivity contribution < 1.29 is 13.2 Å². The van der Waals surface area contributed by atoms with E-state index in [0.29, 0.717) is 12.2 Å². The van der Waals surface area contributed by atoms with Crippen LogP contribution in [0.2, 0.25) is 0 Å². The summed E-state index contributed by atoms with van der Waals surface area (Å²) in [5.41, 5.74) is 1.89. The van der Waals surface area contributed by atoms with Crippen LogP contribution in [-0.4, -0.2) is 35.6 Å². The summed E-state index contributed by atoms with van der Waals surface area (Å²) in [5.74, 6) is -0.382. The van der Waals surface area contributed by atoms with Gasteiger partial charge in [0.05, 0.1) is 11.4 Å². The van der Waals surface area contributed by atoms with Crippen LogP contribution in [0.4, 0.5) is 5.69 Å². The van der Waals surface area contributed by atoms with Crippen LogP contribution >= 0.6 is 0 Å². The number of carbonyl (C=O) groups excluding carboxylic acids is 1. The number of hydrogen-bond donors (Lipinski definition) is 2. The van der Waals surface area contributed by atoms with Gasteiger partial charge >= 0.3 is 0 Å². The summed E-state index contributed by atoms with van der Waals surface area (Å²) in [6, 6.07) is 13.2. The van der Waals surface area contributed by atoms with E-state index < -0.39 is 10.0 Å². The first-order chi connectivity index (χ1) is 13.0. The number of sulfonamides is 1. The first kappa shape index (κ1) is 18.7. The van der Waals surface area contributed by atoms with Crippen molar-refractivity contribution in [1.82, 2.24) is 19.5 Å². The van der Waals surface area contributed by atoms with E-state index in [1.165, 1.54) is 18.5 Å². The van der Waals surface area contributed by atoms with E-state index >= 15 is 0 Å². The van der Waals surface area contributed by atoms with Crippen molar-refractivity contribution in [2.24, 2.45) is 0 Å². The summed E-state index contributed by atoms with van der Waals surface area (Å²) >= 11 is 0. The van der Waals surface area contributed by atoms with Gasteiger partial charge in [0, 0.05) is 17.8 Å². The van der Waals surface area contributed by atoms with E-state index in [-0.39, 0.29) is 22.9 Å². The molecule has 3 rings (SSSR count). The van der Waals surface area contributed by atoms with Crippen molar-refractivity contribution in [3.63, 3.8) is 0 Å². The number of aromatic nitrogens is 3. The van der Waals surface area contributed by atoms with Gasteiger partial charge in [0.25, 0.3) is 5.91 Å². The van der Waals surface area contributed by atoms with Crippen molar-refractivity contribution in [3.05, 3.63) is 72.3 Å². The summed E-state index contributed by atoms with van der Waals surface area (Å²) in [4.78, 5) is 16.4. The van der Waals surface area contributed by atoms with E-state index in [4.69, 9.17) is 0 Å². The van der Waals surface area contributed by atoms with Gasteiger partial charge < -0.3 is 5.32 Å². The Kier molecular flexibility index (Phi) is 5.63. The molecule has 0 spiro atoms. The quantitative estimate of drug-likeness (QED) is 0.646. The highest BCUT2D eigenvalue weighted by atomic mass is 32.2. The van der Waals surface area contributed by atoms with Crippen LogP contribution in [0.1, 0.15) is 22.8 Å². The molecule has 8 nitrogen and oxygen atoms in total. The normalized spacial score (nSPS) is 11.3. The Bertz CT molecular complexity index is 1020. The minimum Gasteiger partial charge on any atom is -0.322 e. The molecule has 0 radical (unpaired) electrons. The van der Waals surface area contributed by atoms with E-state index in [2.05, 4.69) is 20.1 Å². The third kappa shape index (κ3) is 4.78. The lowest BCUT2D eigenvalue weighted by atomic mass is 10.2. The Labute approximate surface area is 157 Å². The Hall–Kier alpha value is -3.04. The maximum atomic E-state index is 12.4. The van der Waals surface area contributed by atoms with E-state index in [1.54, 1.807) is 42.2 Å². The zero-order chi connectivity index (χ0) is 19.3. The second-order valence-electron chi connectivity index (χ2n) is 5.77. The molecule has 1 heterocycles. The highest BCUT2D eigenvalue weighted by Gasteiger charge is 2.15. The maximum Gasteiger partial charge on any atom is 0.255 e. The molecule has 27 heavy (non-hydrogen) atoms. The van der Waals surface area contributed by atoms with Gasteiger partial charge in [-0.3, -0.25) is 4.79 Å². The maximum absolute atomic E-state index is 12.4. The van der Waals surface area contributed by atoms with Gasteiger partial charge in [0.2, 0.25) is 10.0 Å². The zero-order valence-electron chi connectivity index (χ0n) is 14.7. The van der Waals surface area contributed by atoms with Crippen molar-refractivity contribution in [1.29, 1.82) is 0 Å². The molecule has 0 aliphatic rings. The van der Waals surface area contributed by atoms with Gasteiger partial charge in [-0.1, -0.05) is 25.1 Å². The van der Waals surface area contributed by atoms with Gasteiger partial charge in [0.1, 0.15) is 12.7 Å². The minimum atomic E-state index is -3.61. The third-order valence-corrected chi connectivity index (χ3v) is 5.31. The lowest BCUT2D eigenvalue weighted by molar-refractivity contribution is 0.102. The molecule has 9 heteroatoms. The molecule has 0 atom stereocenters. The highest BCUT2D eigenvalue weighted by Crippen LogP contribution is 2.15. The summed E-state index contributed by atoms with van der Waals surface area (Å²) in [6.45, 7) is 2.55. The predicted molar refractivity (Wildman–Crippen MR) is 101 cm³/mol. The molecular weight excluding hydrogens is 366 g/mol. The Morgan fingerprint density at radius 2 is 1.93 bits per heavy atom. The number of benzene rings is 2. The first-order valence-electron chi connectivity index (χ1n) is 8.30. The number of anilines is 1. The monoisotopic (exact) mass is 385 g/mol. The van der Waals surface area contributed by atoms with E-state index in [9.17, 15) is 13.2 Å². The topological polar surface area (TPSA) is 106 Å². The summed E-state index contributed by atoms with van der Waals surface area (Å²) < 4.78 is 28.3. The molecule has 0 fully saturated rings. The standard InChI is InChI=1S/C18H19N5O3S/c1-2-21-27(25,26)17-5-3-4-15(10-17)18(24)22-16-8-6-14(7-9-16)11-23-13-19-12-20-23/h3-10,12-13,21H,2,11H2,1H3,(H,22,24). The SMILES string of the molecule is CCNS(=O)(=O)c1cccc(C(=O)Nc2ccc(Cn3cncn3)cc2)c1. The molecule has 0 saturated heterocycles. The Balaban J connectivity index is 1.70. The van der Waals surface area contributed by atoms with Crippen LogP contribution in [0.5, 0.6) is 0 Å². The van der Waals surface area contributed by atoms with Crippen molar-refractivity contribution in [2.45, 2.75) is 18.4 Å². The van der Waals surface area contributed by atoms with Crippen LogP contribution in [0.15, 0.2) is 66.1 Å². The van der Waals surface area contributed by atoms with Crippen LogP contribution < -0.4 is 10.0 Å². The fourth-order valence-corrected chi connectivity index (χ4v) is 3.56. The molecule has 0 aliphatic carbocycles. The molecule has 0 aliphatic heterocycles. The van der Waals surface area contributed by atoms with Gasteiger partial charge in [-0.15, -0.1) is 0 Å². The fourth-order valence-electron chi connectivity index (χ4n) is 2.48. The first-order valence-corrected chi connectivity index (χ1v) is 9.78. The van der Waals surface area contributed by atoms with Gasteiger partial charge in [-0.25, -0.2) is 22.8 Å². The number of rotatable bonds is 7. The van der Waals surface area contributed by atoms with Gasteiger partial charge in [-0.05, 0) is 35.9 Å². The van der Waals surface area contributed by atoms with Crippen LogP contribution in [0, 0.1) is 0 Å². The van der Waals surface area contributed by atoms with Crippen molar-refractivity contribution >= 4 is 21.6 Å². The number of nitrogens with zero attached hydrogens (tertiary/aromatic N) is 3. The lowest BCUT2D eigenvalue weighted by Gasteiger charge is -2.09. The fraction of sp³-hybridized carbons (Fsp3) is 0.167. The molecular formula is C18H19N5O3S. The van der Waals surface area contributed by atoms with Gasteiger partial charge in [-0.2, -0.15) is 5.10 Å². The van der Waals surface area contributed by atoms with Crippen molar-refractivity contribution in [2.75, 3.05) is 11.9 Å². The van der Waals surface area contributed by atoms with E-state index in [1.807, 2.05) is 12.1 Å². The Morgan fingerprint density at radius 1 is 1.15 bits per heavy atom. The van der Waals surface area contributed by atoms with Gasteiger partial charge in [0.15, 0.2) is 0 Å². The largest absolute Gasteiger partial charge is 0.322 e. The second-order valence-corrected chi connectivity index (χ2v) is 7.54. The number of hydrogen-bond acceptors (Lipinski definition) is 5. The molecule has 0 bridgehead atoms. The molecule has 0 unspecified atom stereocenters. The van der Waals surface area contributed by atoms with Crippen LogP contribution in [0.3, 0.4) is 0 Å². The summed E-state index contributed by atoms with van der Waals surface area (Å²) in [7, 11) is -3.61. The lowest BCUT2D eigenvalue weighted by Crippen LogP contribution is -2.23. The average molecular weight is 385 g/mol. The second kappa shape index (κ2) is 8.11. The smallest absolute Gasteiger partial charge is 0.255 e. The highest BCUT2D eigenvalue weighted by molar-refractivity contribution is 7.89. The summed E-state index contributed by atoms with van der Waals surface area (Å²) in [6.07, 6.45) is 3.10. The Morgan fingerprint density at radius 3 is 2.59 bits per heavy atom. The number of nitrogens with one attached hydrogen (secondary N) is 2. The average Bonchev–Trinajstić information content (AvgIpc) is 3.16. The zero-order valence-corrected chi connectivity index (χ0v) is 15.5. The van der Waals surface area contributed by atoms with Crippen molar-refractivity contribution in [3.8, 4) is 0 Å². The summed E-state index contributed by atoms with van der Waals surface area (Å²) in [5, 5.41) is 6.81. The molecule has 0 saturated carbocycles. The minimum absolute atomic E-state index is 0.0557.